The number of halogens is 2. The first-order valence-corrected chi connectivity index (χ1v) is 6.92. The Bertz CT molecular complexity index is 617. The van der Waals surface area contributed by atoms with Crippen molar-refractivity contribution in [2.45, 2.75) is 33.7 Å². The van der Waals surface area contributed by atoms with Gasteiger partial charge in [0.05, 0.1) is 11.7 Å². The van der Waals surface area contributed by atoms with E-state index in [1.54, 1.807) is 6.07 Å². The molecule has 1 atom stereocenters. The molecule has 2 rings (SSSR count). The molecule has 0 saturated carbocycles. The third-order valence-electron chi connectivity index (χ3n) is 3.32. The monoisotopic (exact) mass is 292 g/mol. The van der Waals surface area contributed by atoms with Gasteiger partial charge in [0.15, 0.2) is 0 Å². The van der Waals surface area contributed by atoms with Crippen molar-refractivity contribution in [3.63, 3.8) is 0 Å². The van der Waals surface area contributed by atoms with Crippen LogP contribution in [0.15, 0.2) is 24.3 Å². The molecule has 1 heterocycles. The van der Waals surface area contributed by atoms with Crippen molar-refractivity contribution >= 4 is 17.3 Å². The lowest BCUT2D eigenvalue weighted by Gasteiger charge is -2.20. The number of nitrogens with one attached hydrogen (secondary N) is 1. The molecular formula is C16H18ClFN2. The number of pyridine rings is 1. The van der Waals surface area contributed by atoms with Crippen molar-refractivity contribution in [1.29, 1.82) is 0 Å². The Hall–Kier alpha value is -1.61. The molecule has 2 aromatic rings. The summed E-state index contributed by atoms with van der Waals surface area (Å²) in [4.78, 5) is 4.48. The van der Waals surface area contributed by atoms with E-state index < -0.39 is 0 Å². The third kappa shape index (κ3) is 3.10. The number of hydrogen-bond acceptors (Lipinski definition) is 2. The normalized spacial score (nSPS) is 12.3. The summed E-state index contributed by atoms with van der Waals surface area (Å²) in [5.41, 5.74) is 4.60. The van der Waals surface area contributed by atoms with Crippen LogP contribution in [0.25, 0.3) is 0 Å². The Kier molecular flexibility index (Phi) is 4.29. The predicted octanol–water partition coefficient (Wildman–Crippen LogP) is 4.97. The smallest absolute Gasteiger partial charge is 0.146 e. The second kappa shape index (κ2) is 5.80. The minimum absolute atomic E-state index is 0.0453. The van der Waals surface area contributed by atoms with E-state index in [4.69, 9.17) is 11.6 Å². The summed E-state index contributed by atoms with van der Waals surface area (Å²) < 4.78 is 13.8. The van der Waals surface area contributed by atoms with Gasteiger partial charge in [0.1, 0.15) is 5.82 Å². The summed E-state index contributed by atoms with van der Waals surface area (Å²) >= 11 is 5.91. The molecule has 0 bridgehead atoms. The first-order chi connectivity index (χ1) is 9.38. The largest absolute Gasteiger partial charge is 0.376 e. The van der Waals surface area contributed by atoms with Gasteiger partial charge in [-0.05, 0) is 63.1 Å². The first kappa shape index (κ1) is 14.8. The number of benzene rings is 1. The van der Waals surface area contributed by atoms with E-state index in [0.29, 0.717) is 10.7 Å². The van der Waals surface area contributed by atoms with Gasteiger partial charge < -0.3 is 5.32 Å². The minimum atomic E-state index is -0.309. The van der Waals surface area contributed by atoms with E-state index in [-0.39, 0.29) is 11.9 Å². The van der Waals surface area contributed by atoms with Crippen molar-refractivity contribution in [3.05, 3.63) is 57.6 Å². The molecule has 2 nitrogen and oxygen atoms in total. The SMILES string of the molecule is Cc1cc(C)c(C(C)Nc2cc(Cl)ccc2F)c(C)n1. The minimum Gasteiger partial charge on any atom is -0.376 e. The van der Waals surface area contributed by atoms with Crippen LogP contribution in [0.4, 0.5) is 10.1 Å². The molecular weight excluding hydrogens is 275 g/mol. The van der Waals surface area contributed by atoms with Crippen LogP contribution in [0.5, 0.6) is 0 Å². The molecule has 4 heteroatoms. The van der Waals surface area contributed by atoms with Gasteiger partial charge in [0.2, 0.25) is 0 Å². The van der Waals surface area contributed by atoms with Gasteiger partial charge in [-0.2, -0.15) is 0 Å². The van der Waals surface area contributed by atoms with E-state index in [2.05, 4.69) is 10.3 Å². The highest BCUT2D eigenvalue weighted by molar-refractivity contribution is 6.30. The molecule has 106 valence electrons. The highest BCUT2D eigenvalue weighted by atomic mass is 35.5. The zero-order valence-corrected chi connectivity index (χ0v) is 12.8. The summed E-state index contributed by atoms with van der Waals surface area (Å²) in [6.45, 7) is 7.98. The van der Waals surface area contributed by atoms with Crippen molar-refractivity contribution in [2.75, 3.05) is 5.32 Å². The average Bonchev–Trinajstić information content (AvgIpc) is 2.32. The Labute approximate surface area is 124 Å². The number of rotatable bonds is 3. The first-order valence-electron chi connectivity index (χ1n) is 6.55. The van der Waals surface area contributed by atoms with Crippen LogP contribution in [-0.4, -0.2) is 4.98 Å². The van der Waals surface area contributed by atoms with Crippen LogP contribution < -0.4 is 5.32 Å². The Morgan fingerprint density at radius 1 is 1.20 bits per heavy atom. The van der Waals surface area contributed by atoms with Crippen LogP contribution in [0, 0.1) is 26.6 Å². The highest BCUT2D eigenvalue weighted by Gasteiger charge is 2.14. The summed E-state index contributed by atoms with van der Waals surface area (Å²) in [5.74, 6) is -0.309. The molecule has 0 aliphatic heterocycles. The van der Waals surface area contributed by atoms with Gasteiger partial charge in [-0.3, -0.25) is 4.98 Å². The van der Waals surface area contributed by atoms with Crippen molar-refractivity contribution in [1.82, 2.24) is 4.98 Å². The number of aryl methyl sites for hydroxylation is 3. The van der Waals surface area contributed by atoms with E-state index >= 15 is 0 Å². The van der Waals surface area contributed by atoms with Gasteiger partial charge in [-0.25, -0.2) is 4.39 Å². The lowest BCUT2D eigenvalue weighted by Crippen LogP contribution is -2.12. The van der Waals surface area contributed by atoms with Crippen molar-refractivity contribution < 1.29 is 4.39 Å². The molecule has 0 aliphatic rings. The third-order valence-corrected chi connectivity index (χ3v) is 3.55. The molecule has 0 saturated heterocycles. The van der Waals surface area contributed by atoms with Crippen LogP contribution in [0.2, 0.25) is 5.02 Å². The van der Waals surface area contributed by atoms with E-state index in [0.717, 1.165) is 22.5 Å². The lowest BCUT2D eigenvalue weighted by atomic mass is 10.00. The number of nitrogens with zero attached hydrogens (tertiary/aromatic N) is 1. The second-order valence-corrected chi connectivity index (χ2v) is 5.51. The van der Waals surface area contributed by atoms with E-state index in [9.17, 15) is 4.39 Å². The summed E-state index contributed by atoms with van der Waals surface area (Å²) in [5, 5.41) is 3.68. The quantitative estimate of drug-likeness (QED) is 0.863. The van der Waals surface area contributed by atoms with Crippen molar-refractivity contribution in [3.8, 4) is 0 Å². The maximum Gasteiger partial charge on any atom is 0.146 e. The fourth-order valence-corrected chi connectivity index (χ4v) is 2.77. The lowest BCUT2D eigenvalue weighted by molar-refractivity contribution is 0.627. The van der Waals surface area contributed by atoms with Crippen LogP contribution >= 0.6 is 11.6 Å². The Balaban J connectivity index is 2.33. The molecule has 0 fully saturated rings. The number of hydrogen-bond donors (Lipinski definition) is 1. The van der Waals surface area contributed by atoms with Gasteiger partial charge >= 0.3 is 0 Å². The fourth-order valence-electron chi connectivity index (χ4n) is 2.60. The highest BCUT2D eigenvalue weighted by Crippen LogP contribution is 2.27. The summed E-state index contributed by atoms with van der Waals surface area (Å²) in [7, 11) is 0. The molecule has 0 amide bonds. The van der Waals surface area contributed by atoms with E-state index in [1.807, 2.05) is 33.8 Å². The molecule has 1 aromatic heterocycles. The van der Waals surface area contributed by atoms with Gasteiger partial charge in [-0.15, -0.1) is 0 Å². The molecule has 0 aliphatic carbocycles. The van der Waals surface area contributed by atoms with Crippen LogP contribution in [-0.2, 0) is 0 Å². The number of anilines is 1. The van der Waals surface area contributed by atoms with E-state index in [1.165, 1.54) is 12.1 Å². The zero-order chi connectivity index (χ0) is 14.9. The maximum absolute atomic E-state index is 13.8. The maximum atomic E-state index is 13.8. The summed E-state index contributed by atoms with van der Waals surface area (Å²) in [6, 6.07) is 6.49. The van der Waals surface area contributed by atoms with Crippen molar-refractivity contribution in [2.24, 2.45) is 0 Å². The molecule has 20 heavy (non-hydrogen) atoms. The topological polar surface area (TPSA) is 24.9 Å². The average molecular weight is 293 g/mol. The Morgan fingerprint density at radius 2 is 1.90 bits per heavy atom. The van der Waals surface area contributed by atoms with Gasteiger partial charge in [0.25, 0.3) is 0 Å². The van der Waals surface area contributed by atoms with Gasteiger partial charge in [0, 0.05) is 16.4 Å². The summed E-state index contributed by atoms with van der Waals surface area (Å²) in [6.07, 6.45) is 0. The second-order valence-electron chi connectivity index (χ2n) is 5.07. The predicted molar refractivity (Wildman–Crippen MR) is 81.9 cm³/mol. The molecule has 1 unspecified atom stereocenters. The fraction of sp³-hybridized carbons (Fsp3) is 0.312. The number of aromatic nitrogens is 1. The van der Waals surface area contributed by atoms with Gasteiger partial charge in [-0.1, -0.05) is 11.6 Å². The standard InChI is InChI=1S/C16H18ClFN2/c1-9-7-10(2)19-11(3)16(9)12(4)20-15-8-13(17)5-6-14(15)18/h5-8,12,20H,1-4H3. The van der Waals surface area contributed by atoms with Crippen LogP contribution in [0.3, 0.4) is 0 Å². The van der Waals surface area contributed by atoms with Crippen LogP contribution in [0.1, 0.15) is 35.5 Å². The zero-order valence-electron chi connectivity index (χ0n) is 12.1. The molecule has 0 spiro atoms. The Morgan fingerprint density at radius 3 is 2.55 bits per heavy atom. The molecule has 1 N–H and O–H groups in total. The molecule has 0 radical (unpaired) electrons. The molecule has 1 aromatic carbocycles.